The van der Waals surface area contributed by atoms with Crippen LogP contribution < -0.4 is 10.7 Å². The number of aliphatic hydroxyl groups excluding tert-OH is 1. The minimum absolute atomic E-state index is 0.0840. The summed E-state index contributed by atoms with van der Waals surface area (Å²) in [4.78, 5) is 59.4. The van der Waals surface area contributed by atoms with Gasteiger partial charge in [0.25, 0.3) is 5.91 Å². The van der Waals surface area contributed by atoms with Gasteiger partial charge in [-0.15, -0.1) is 0 Å². The Morgan fingerprint density at radius 3 is 2.44 bits per heavy atom. The van der Waals surface area contributed by atoms with Crippen LogP contribution in [0.2, 0.25) is 0 Å². The average Bonchev–Trinajstić information content (AvgIpc) is 2.97. The Balaban J connectivity index is 1.82. The highest BCUT2D eigenvalue weighted by atomic mass is 16.4. The number of carbonyl (C=O) groups is 5. The molecule has 0 radical (unpaired) electrons. The zero-order valence-corrected chi connectivity index (χ0v) is 17.5. The lowest BCUT2D eigenvalue weighted by atomic mass is 10.1. The smallest absolute Gasteiger partial charge is 0.334 e. The molecule has 0 saturated heterocycles. The fourth-order valence-electron chi connectivity index (χ4n) is 3.26. The van der Waals surface area contributed by atoms with E-state index in [2.05, 4.69) is 10.7 Å². The van der Waals surface area contributed by atoms with Crippen LogP contribution in [0, 0.1) is 0 Å². The second-order valence-electron chi connectivity index (χ2n) is 7.25. The van der Waals surface area contributed by atoms with Crippen molar-refractivity contribution in [2.45, 2.75) is 44.9 Å². The summed E-state index contributed by atoms with van der Waals surface area (Å²) in [7, 11) is 0. The minimum Gasteiger partial charge on any atom is -0.481 e. The Labute approximate surface area is 183 Å². The topological polar surface area (TPSA) is 177 Å². The van der Waals surface area contributed by atoms with Gasteiger partial charge in [-0.2, -0.15) is 0 Å². The first kappa shape index (κ1) is 24.6. The predicted molar refractivity (Wildman–Crippen MR) is 109 cm³/mol. The van der Waals surface area contributed by atoms with Gasteiger partial charge in [-0.3, -0.25) is 19.4 Å². The molecule has 1 aromatic rings. The number of amides is 4. The highest BCUT2D eigenvalue weighted by Gasteiger charge is 2.34. The number of hydrogen-bond acceptors (Lipinski definition) is 6. The Morgan fingerprint density at radius 1 is 1.16 bits per heavy atom. The summed E-state index contributed by atoms with van der Waals surface area (Å²) < 4.78 is 0. The molecule has 0 aliphatic carbocycles. The van der Waals surface area contributed by atoms with Gasteiger partial charge in [0, 0.05) is 37.6 Å². The van der Waals surface area contributed by atoms with Crippen molar-refractivity contribution in [3.8, 4) is 0 Å². The molecular formula is C20H26N4O8. The Kier molecular flexibility index (Phi) is 8.53. The van der Waals surface area contributed by atoms with Gasteiger partial charge in [0.15, 0.2) is 6.23 Å². The molecule has 174 valence electrons. The first-order valence-corrected chi connectivity index (χ1v) is 9.99. The number of nitrogens with zero attached hydrogens (tertiary/aromatic N) is 2. The summed E-state index contributed by atoms with van der Waals surface area (Å²) >= 11 is 0. The van der Waals surface area contributed by atoms with E-state index in [1.165, 1.54) is 11.8 Å². The van der Waals surface area contributed by atoms with E-state index >= 15 is 0 Å². The maximum Gasteiger partial charge on any atom is 0.334 e. The third-order valence-electron chi connectivity index (χ3n) is 4.92. The molecule has 1 aliphatic heterocycles. The number of rotatable bonds is 10. The fourth-order valence-corrected chi connectivity index (χ4v) is 3.26. The molecule has 0 bridgehead atoms. The number of fused-ring (bicyclic) bond motifs is 1. The SMILES string of the molecule is CC(=O)N(CCCCN1C(=O)c2ccccc2C1O)NC(=O)N[C@@H](CCC(=O)O)C(=O)O. The molecule has 1 aromatic carbocycles. The maximum absolute atomic E-state index is 12.4. The molecule has 0 saturated carbocycles. The maximum atomic E-state index is 12.4. The number of hydrazine groups is 1. The standard InChI is InChI=1S/C20H26N4O8/c1-12(25)24(22-20(32)21-15(19(30)31)8-9-16(26)27)11-5-4-10-23-17(28)13-6-2-3-7-14(13)18(23)29/h2-3,6-7,15,17,28H,4-5,8-11H2,1H3,(H,26,27)(H,30,31)(H2,21,22,32)/t15-,17?/m0/s1. The number of carboxylic acid groups (broad SMARTS) is 2. The number of carbonyl (C=O) groups excluding carboxylic acids is 3. The highest BCUT2D eigenvalue weighted by molar-refractivity contribution is 5.98. The van der Waals surface area contributed by atoms with Gasteiger partial charge in [0.05, 0.1) is 0 Å². The summed E-state index contributed by atoms with van der Waals surface area (Å²) in [6.07, 6.45) is -0.982. The lowest BCUT2D eigenvalue weighted by molar-refractivity contribution is -0.140. The van der Waals surface area contributed by atoms with Gasteiger partial charge in [0.2, 0.25) is 5.91 Å². The van der Waals surface area contributed by atoms with Crippen LogP contribution >= 0.6 is 0 Å². The Bertz CT molecular complexity index is 890. The molecule has 1 heterocycles. The van der Waals surface area contributed by atoms with Gasteiger partial charge in [-0.25, -0.2) is 15.0 Å². The van der Waals surface area contributed by atoms with Crippen molar-refractivity contribution < 1.29 is 39.3 Å². The van der Waals surface area contributed by atoms with E-state index in [0.29, 0.717) is 24.0 Å². The predicted octanol–water partition coefficient (Wildman–Crippen LogP) is 0.294. The molecule has 1 unspecified atom stereocenters. The summed E-state index contributed by atoms with van der Waals surface area (Å²) in [5.41, 5.74) is 3.23. The van der Waals surface area contributed by atoms with Gasteiger partial charge in [-0.1, -0.05) is 18.2 Å². The quantitative estimate of drug-likeness (QED) is 0.249. The summed E-state index contributed by atoms with van der Waals surface area (Å²) in [6, 6.07) is 4.38. The van der Waals surface area contributed by atoms with E-state index in [1.807, 2.05) is 0 Å². The van der Waals surface area contributed by atoms with Crippen LogP contribution in [0.1, 0.15) is 54.8 Å². The molecule has 2 atom stereocenters. The van der Waals surface area contributed by atoms with Crippen molar-refractivity contribution in [1.82, 2.24) is 20.7 Å². The normalized spacial score (nSPS) is 15.6. The number of unbranched alkanes of at least 4 members (excludes halogenated alkanes) is 1. The van der Waals surface area contributed by atoms with Gasteiger partial charge in [0.1, 0.15) is 6.04 Å². The molecule has 1 aliphatic rings. The number of hydrogen-bond donors (Lipinski definition) is 5. The summed E-state index contributed by atoms with van der Waals surface area (Å²) in [5.74, 6) is -3.38. The number of aliphatic carboxylic acids is 2. The molecule has 32 heavy (non-hydrogen) atoms. The second-order valence-corrected chi connectivity index (χ2v) is 7.25. The molecule has 12 heteroatoms. The van der Waals surface area contributed by atoms with E-state index in [9.17, 15) is 29.1 Å². The monoisotopic (exact) mass is 450 g/mol. The molecule has 12 nitrogen and oxygen atoms in total. The largest absolute Gasteiger partial charge is 0.481 e. The average molecular weight is 450 g/mol. The van der Waals surface area contributed by atoms with Crippen LogP contribution in [0.4, 0.5) is 4.79 Å². The lowest BCUT2D eigenvalue weighted by Gasteiger charge is -2.24. The Hall–Kier alpha value is -3.67. The molecule has 0 spiro atoms. The number of carboxylic acids is 2. The van der Waals surface area contributed by atoms with E-state index in [1.54, 1.807) is 24.3 Å². The minimum atomic E-state index is -1.43. The molecule has 5 N–H and O–H groups in total. The number of nitrogens with one attached hydrogen (secondary N) is 2. The first-order chi connectivity index (χ1) is 15.1. The van der Waals surface area contributed by atoms with Crippen molar-refractivity contribution in [2.24, 2.45) is 0 Å². The van der Waals surface area contributed by atoms with Crippen LogP contribution in [0.3, 0.4) is 0 Å². The zero-order valence-electron chi connectivity index (χ0n) is 17.5. The molecule has 0 aromatic heterocycles. The van der Waals surface area contributed by atoms with Crippen LogP contribution in [-0.2, 0) is 14.4 Å². The van der Waals surface area contributed by atoms with E-state index < -0.39 is 42.6 Å². The van der Waals surface area contributed by atoms with Gasteiger partial charge in [-0.05, 0) is 25.3 Å². The molecule has 0 fully saturated rings. The van der Waals surface area contributed by atoms with Crippen molar-refractivity contribution in [2.75, 3.05) is 13.1 Å². The Morgan fingerprint density at radius 2 is 1.84 bits per heavy atom. The lowest BCUT2D eigenvalue weighted by Crippen LogP contribution is -2.53. The second kappa shape index (κ2) is 11.1. The summed E-state index contributed by atoms with van der Waals surface area (Å²) in [5, 5.41) is 31.2. The van der Waals surface area contributed by atoms with E-state index in [-0.39, 0.29) is 25.4 Å². The van der Waals surface area contributed by atoms with Crippen molar-refractivity contribution in [3.05, 3.63) is 35.4 Å². The van der Waals surface area contributed by atoms with Crippen molar-refractivity contribution >= 4 is 29.8 Å². The molecule has 2 rings (SSSR count). The number of aliphatic hydroxyl groups is 1. The first-order valence-electron chi connectivity index (χ1n) is 9.99. The fraction of sp³-hybridized carbons (Fsp3) is 0.450. The van der Waals surface area contributed by atoms with Crippen LogP contribution in [-0.4, -0.2) is 74.1 Å². The molecular weight excluding hydrogens is 424 g/mol. The third kappa shape index (κ3) is 6.41. The van der Waals surface area contributed by atoms with Crippen molar-refractivity contribution in [1.29, 1.82) is 0 Å². The van der Waals surface area contributed by atoms with E-state index in [4.69, 9.17) is 10.2 Å². The number of urea groups is 1. The third-order valence-corrected chi connectivity index (χ3v) is 4.92. The van der Waals surface area contributed by atoms with E-state index in [0.717, 1.165) is 5.01 Å². The molecule has 4 amide bonds. The van der Waals surface area contributed by atoms with Crippen LogP contribution in [0.25, 0.3) is 0 Å². The van der Waals surface area contributed by atoms with Gasteiger partial charge >= 0.3 is 18.0 Å². The van der Waals surface area contributed by atoms with Gasteiger partial charge < -0.3 is 25.5 Å². The highest BCUT2D eigenvalue weighted by Crippen LogP contribution is 2.31. The number of benzene rings is 1. The van der Waals surface area contributed by atoms with Crippen molar-refractivity contribution in [3.63, 3.8) is 0 Å². The summed E-state index contributed by atoms with van der Waals surface area (Å²) in [6.45, 7) is 1.54. The van der Waals surface area contributed by atoms with Crippen LogP contribution in [0.5, 0.6) is 0 Å². The van der Waals surface area contributed by atoms with Crippen LogP contribution in [0.15, 0.2) is 24.3 Å². The zero-order chi connectivity index (χ0) is 23.8.